The van der Waals surface area contributed by atoms with Crippen LogP contribution in [-0.4, -0.2) is 47.4 Å². The predicted octanol–water partition coefficient (Wildman–Crippen LogP) is 5.57. The topological polar surface area (TPSA) is 117 Å². The van der Waals surface area contributed by atoms with Crippen molar-refractivity contribution < 1.29 is 29.0 Å². The third kappa shape index (κ3) is 7.15. The number of rotatable bonds is 7. The van der Waals surface area contributed by atoms with E-state index in [2.05, 4.69) is 10.6 Å². The number of carbonyl (C=O) groups is 3. The Kier molecular flexibility index (Phi) is 8.53. The van der Waals surface area contributed by atoms with Crippen LogP contribution in [0, 0.1) is 12.8 Å². The van der Waals surface area contributed by atoms with Crippen molar-refractivity contribution in [1.29, 1.82) is 0 Å². The van der Waals surface area contributed by atoms with Crippen LogP contribution in [0.3, 0.4) is 0 Å². The van der Waals surface area contributed by atoms with Crippen LogP contribution in [0.2, 0.25) is 0 Å². The lowest BCUT2D eigenvalue weighted by Gasteiger charge is -2.32. The van der Waals surface area contributed by atoms with E-state index >= 15 is 0 Å². The number of aryl methyl sites for hydroxylation is 1. The van der Waals surface area contributed by atoms with Crippen molar-refractivity contribution in [1.82, 2.24) is 4.90 Å². The molecule has 1 aliphatic carbocycles. The molecule has 0 atom stereocenters. The molecule has 37 heavy (non-hydrogen) atoms. The second-order valence-corrected chi connectivity index (χ2v) is 9.77. The van der Waals surface area contributed by atoms with Crippen LogP contribution in [0.4, 0.5) is 21.0 Å². The number of carboxylic acids is 1. The zero-order valence-electron chi connectivity index (χ0n) is 21.4. The highest BCUT2D eigenvalue weighted by Crippen LogP contribution is 2.30. The normalized spacial score (nSPS) is 18.9. The molecule has 1 fully saturated rings. The van der Waals surface area contributed by atoms with Gasteiger partial charge < -0.3 is 30.1 Å². The fourth-order valence-electron chi connectivity index (χ4n) is 4.99. The monoisotopic (exact) mass is 509 g/mol. The van der Waals surface area contributed by atoms with Gasteiger partial charge >= 0.3 is 18.1 Å². The van der Waals surface area contributed by atoms with Crippen molar-refractivity contribution in [3.8, 4) is 5.75 Å². The quantitative estimate of drug-likeness (QED) is 0.449. The van der Waals surface area contributed by atoms with Gasteiger partial charge in [-0.15, -0.1) is 0 Å². The standard InChI is InChI=1S/C28H35N3O6/c1-3-36-25-16-23(8-4-18(25)2)30-27(34)29-22-9-7-21-17-31(13-12-20(21)15-22)28(35)37-24-10-5-19(6-11-24)14-26(32)33/h4,7-9,15-16,19,24H,3,5-6,10-14,17H2,1-2H3,(H,32,33)(H2,29,30,34). The number of hydrogen-bond acceptors (Lipinski definition) is 5. The van der Waals surface area contributed by atoms with E-state index in [9.17, 15) is 14.4 Å². The number of hydrogen-bond donors (Lipinski definition) is 3. The Morgan fingerprint density at radius 1 is 1.00 bits per heavy atom. The molecule has 2 aromatic carbocycles. The minimum absolute atomic E-state index is 0.151. The van der Waals surface area contributed by atoms with Gasteiger partial charge in [0, 0.05) is 37.0 Å². The van der Waals surface area contributed by atoms with Crippen LogP contribution in [0.5, 0.6) is 5.75 Å². The van der Waals surface area contributed by atoms with E-state index in [-0.39, 0.29) is 30.6 Å². The van der Waals surface area contributed by atoms with Gasteiger partial charge in [0.15, 0.2) is 0 Å². The zero-order valence-corrected chi connectivity index (χ0v) is 21.4. The molecule has 1 saturated carbocycles. The molecule has 1 heterocycles. The summed E-state index contributed by atoms with van der Waals surface area (Å²) in [6.07, 6.45) is 3.34. The molecule has 0 spiro atoms. The molecule has 0 radical (unpaired) electrons. The largest absolute Gasteiger partial charge is 0.494 e. The molecule has 0 saturated heterocycles. The smallest absolute Gasteiger partial charge is 0.410 e. The maximum atomic E-state index is 12.7. The maximum absolute atomic E-state index is 12.7. The van der Waals surface area contributed by atoms with Crippen molar-refractivity contribution in [2.75, 3.05) is 23.8 Å². The van der Waals surface area contributed by atoms with Crippen molar-refractivity contribution >= 4 is 29.5 Å². The molecular weight excluding hydrogens is 474 g/mol. The van der Waals surface area contributed by atoms with E-state index in [0.717, 1.165) is 35.3 Å². The lowest BCUT2D eigenvalue weighted by Crippen LogP contribution is -2.39. The van der Waals surface area contributed by atoms with E-state index in [4.69, 9.17) is 14.6 Å². The summed E-state index contributed by atoms with van der Waals surface area (Å²) in [5, 5.41) is 14.7. The van der Waals surface area contributed by atoms with Crippen LogP contribution >= 0.6 is 0 Å². The highest BCUT2D eigenvalue weighted by molar-refractivity contribution is 6.00. The fraction of sp³-hybridized carbons (Fsp3) is 0.464. The summed E-state index contributed by atoms with van der Waals surface area (Å²) >= 11 is 0. The third-order valence-electron chi connectivity index (χ3n) is 7.01. The molecule has 0 aromatic heterocycles. The zero-order chi connectivity index (χ0) is 26.4. The van der Waals surface area contributed by atoms with Crippen molar-refractivity contribution in [3.63, 3.8) is 0 Å². The minimum atomic E-state index is -0.770. The average Bonchev–Trinajstić information content (AvgIpc) is 2.86. The van der Waals surface area contributed by atoms with Crippen molar-refractivity contribution in [2.24, 2.45) is 5.92 Å². The summed E-state index contributed by atoms with van der Waals surface area (Å²) in [6.45, 7) is 5.42. The maximum Gasteiger partial charge on any atom is 0.410 e. The number of carboxylic acid groups (broad SMARTS) is 1. The van der Waals surface area contributed by atoms with Crippen LogP contribution in [0.25, 0.3) is 0 Å². The molecule has 1 aliphatic heterocycles. The minimum Gasteiger partial charge on any atom is -0.494 e. The van der Waals surface area contributed by atoms with E-state index in [1.54, 1.807) is 11.0 Å². The van der Waals surface area contributed by atoms with Crippen LogP contribution in [-0.2, 0) is 22.5 Å². The first-order valence-corrected chi connectivity index (χ1v) is 12.9. The van der Waals surface area contributed by atoms with E-state index in [0.29, 0.717) is 50.3 Å². The lowest BCUT2D eigenvalue weighted by atomic mass is 9.85. The molecule has 0 unspecified atom stereocenters. The predicted molar refractivity (Wildman–Crippen MR) is 140 cm³/mol. The molecule has 2 aliphatic rings. The Labute approximate surface area is 217 Å². The lowest BCUT2D eigenvalue weighted by molar-refractivity contribution is -0.138. The Morgan fingerprint density at radius 2 is 1.70 bits per heavy atom. The Balaban J connectivity index is 1.28. The van der Waals surface area contributed by atoms with Gasteiger partial charge in [-0.3, -0.25) is 4.79 Å². The first-order valence-electron chi connectivity index (χ1n) is 12.9. The van der Waals surface area contributed by atoms with E-state index in [1.165, 1.54) is 0 Å². The first kappa shape index (κ1) is 26.3. The third-order valence-corrected chi connectivity index (χ3v) is 7.01. The summed E-state index contributed by atoms with van der Waals surface area (Å²) in [5.41, 5.74) is 4.45. The number of fused-ring (bicyclic) bond motifs is 1. The number of nitrogens with one attached hydrogen (secondary N) is 2. The van der Waals surface area contributed by atoms with Gasteiger partial charge in [-0.2, -0.15) is 0 Å². The Morgan fingerprint density at radius 3 is 2.41 bits per heavy atom. The number of amides is 3. The van der Waals surface area contributed by atoms with Gasteiger partial charge in [0.1, 0.15) is 11.9 Å². The molecule has 2 aromatic rings. The van der Waals surface area contributed by atoms with E-state index < -0.39 is 5.97 Å². The van der Waals surface area contributed by atoms with Gasteiger partial charge in [0.2, 0.25) is 0 Å². The van der Waals surface area contributed by atoms with E-state index in [1.807, 2.05) is 44.2 Å². The number of carbonyl (C=O) groups excluding carboxylic acids is 2. The number of anilines is 2. The average molecular weight is 510 g/mol. The summed E-state index contributed by atoms with van der Waals surface area (Å²) in [5.74, 6) is 0.139. The highest BCUT2D eigenvalue weighted by Gasteiger charge is 2.28. The molecule has 4 rings (SSSR count). The van der Waals surface area contributed by atoms with Gasteiger partial charge in [-0.05, 0) is 86.8 Å². The molecule has 9 heteroatoms. The Hall–Kier alpha value is -3.75. The first-order chi connectivity index (χ1) is 17.8. The number of urea groups is 1. The van der Waals surface area contributed by atoms with Gasteiger partial charge in [0.05, 0.1) is 6.61 Å². The Bertz CT molecular complexity index is 1140. The van der Waals surface area contributed by atoms with Crippen molar-refractivity contribution in [2.45, 2.75) is 65.0 Å². The molecule has 3 N–H and O–H groups in total. The number of ether oxygens (including phenoxy) is 2. The SMILES string of the molecule is CCOc1cc(NC(=O)Nc2ccc3c(c2)CCN(C(=O)OC2CCC(CC(=O)O)CC2)C3)ccc1C. The van der Waals surface area contributed by atoms with Crippen LogP contribution < -0.4 is 15.4 Å². The van der Waals surface area contributed by atoms with Gasteiger partial charge in [-0.1, -0.05) is 12.1 Å². The van der Waals surface area contributed by atoms with Crippen LogP contribution in [0.1, 0.15) is 55.7 Å². The summed E-state index contributed by atoms with van der Waals surface area (Å²) in [7, 11) is 0. The summed E-state index contributed by atoms with van der Waals surface area (Å²) in [4.78, 5) is 37.9. The number of nitrogens with zero attached hydrogens (tertiary/aromatic N) is 1. The molecule has 0 bridgehead atoms. The molecule has 9 nitrogen and oxygen atoms in total. The molecule has 198 valence electrons. The van der Waals surface area contributed by atoms with Crippen LogP contribution in [0.15, 0.2) is 36.4 Å². The van der Waals surface area contributed by atoms with Gasteiger partial charge in [-0.25, -0.2) is 9.59 Å². The number of benzene rings is 2. The van der Waals surface area contributed by atoms with Crippen molar-refractivity contribution in [3.05, 3.63) is 53.1 Å². The summed E-state index contributed by atoms with van der Waals surface area (Å²) in [6, 6.07) is 10.9. The molecular formula is C28H35N3O6. The second-order valence-electron chi connectivity index (χ2n) is 9.77. The highest BCUT2D eigenvalue weighted by atomic mass is 16.6. The molecule has 3 amide bonds. The van der Waals surface area contributed by atoms with Gasteiger partial charge in [0.25, 0.3) is 0 Å². The fourth-order valence-corrected chi connectivity index (χ4v) is 4.99. The summed E-state index contributed by atoms with van der Waals surface area (Å²) < 4.78 is 11.3. The number of aliphatic carboxylic acids is 1. The second kappa shape index (κ2) is 12.0.